The van der Waals surface area contributed by atoms with Crippen LogP contribution in [0.3, 0.4) is 0 Å². The molecular weight excluding hydrogens is 619 g/mol. The molecule has 1 unspecified atom stereocenters. The van der Waals surface area contributed by atoms with Crippen molar-refractivity contribution in [2.24, 2.45) is 0 Å². The lowest BCUT2D eigenvalue weighted by molar-refractivity contribution is 0.829. The summed E-state index contributed by atoms with van der Waals surface area (Å²) in [6.07, 6.45) is 1.76. The molecule has 2 heterocycles. The van der Waals surface area contributed by atoms with E-state index in [2.05, 4.69) is 192 Å². The van der Waals surface area contributed by atoms with Gasteiger partial charge in [0.25, 0.3) is 0 Å². The molecule has 0 amide bonds. The number of benzene rings is 8. The molecule has 9 aromatic rings. The fourth-order valence-electron chi connectivity index (χ4n) is 7.68. The summed E-state index contributed by atoms with van der Waals surface area (Å²) in [5.74, 6) is 0. The number of para-hydroxylation sites is 1. The van der Waals surface area contributed by atoms with Crippen molar-refractivity contribution in [2.75, 3.05) is 10.2 Å². The van der Waals surface area contributed by atoms with Crippen LogP contribution in [0.5, 0.6) is 0 Å². The average molecular weight is 652 g/mol. The Morgan fingerprint density at radius 3 is 1.47 bits per heavy atom. The van der Waals surface area contributed by atoms with Crippen LogP contribution in [0.15, 0.2) is 188 Å². The second-order valence-corrected chi connectivity index (χ2v) is 13.3. The molecule has 0 bridgehead atoms. The molecule has 0 aliphatic carbocycles. The number of nitrogens with zero attached hydrogens (tertiary/aromatic N) is 2. The lowest BCUT2D eigenvalue weighted by Crippen LogP contribution is -2.23. The number of aromatic nitrogens is 1. The van der Waals surface area contributed by atoms with E-state index in [-0.39, 0.29) is 6.17 Å². The lowest BCUT2D eigenvalue weighted by Gasteiger charge is -2.28. The number of nitrogens with one attached hydrogen (secondary N) is 1. The molecule has 1 aliphatic rings. The predicted molar refractivity (Wildman–Crippen MR) is 214 cm³/mol. The van der Waals surface area contributed by atoms with Gasteiger partial charge in [-0.25, -0.2) is 0 Å². The van der Waals surface area contributed by atoms with E-state index in [0.717, 1.165) is 28.3 Å². The summed E-state index contributed by atoms with van der Waals surface area (Å²) in [5, 5.41) is 11.4. The SMILES string of the molecule is c1ccc(N2c3ccnc(-c4ccc5ccccc5c4)c3NC2c2cc(-c3ccc4ccccc4c3)cc(-c3ccc4ccccc4c3)c2)cc1. The first kappa shape index (κ1) is 29.2. The largest absolute Gasteiger partial charge is 0.358 e. The minimum Gasteiger partial charge on any atom is -0.358 e. The Morgan fingerprint density at radius 1 is 0.412 bits per heavy atom. The molecule has 0 saturated heterocycles. The summed E-state index contributed by atoms with van der Waals surface area (Å²) < 4.78 is 0. The number of rotatable bonds is 5. The topological polar surface area (TPSA) is 28.2 Å². The summed E-state index contributed by atoms with van der Waals surface area (Å²) in [5.41, 5.74) is 11.2. The molecule has 240 valence electrons. The molecule has 1 N–H and O–H groups in total. The minimum absolute atomic E-state index is 0.176. The van der Waals surface area contributed by atoms with Crippen LogP contribution in [0.2, 0.25) is 0 Å². The van der Waals surface area contributed by atoms with E-state index in [1.807, 2.05) is 6.20 Å². The van der Waals surface area contributed by atoms with Crippen molar-refractivity contribution in [3.63, 3.8) is 0 Å². The maximum Gasteiger partial charge on any atom is 0.130 e. The molecule has 0 fully saturated rings. The second-order valence-electron chi connectivity index (χ2n) is 13.3. The molecule has 1 aliphatic heterocycles. The number of anilines is 3. The second kappa shape index (κ2) is 12.0. The summed E-state index contributed by atoms with van der Waals surface area (Å²) in [6, 6.07) is 65.8. The van der Waals surface area contributed by atoms with Crippen molar-refractivity contribution in [2.45, 2.75) is 6.17 Å². The van der Waals surface area contributed by atoms with Crippen LogP contribution in [0, 0.1) is 0 Å². The van der Waals surface area contributed by atoms with Gasteiger partial charge >= 0.3 is 0 Å². The normalized spacial score (nSPS) is 13.8. The lowest BCUT2D eigenvalue weighted by atomic mass is 9.93. The number of pyridine rings is 1. The van der Waals surface area contributed by atoms with Crippen LogP contribution < -0.4 is 10.2 Å². The third-order valence-corrected chi connectivity index (χ3v) is 10.2. The van der Waals surface area contributed by atoms with Gasteiger partial charge in [0.05, 0.1) is 17.1 Å². The van der Waals surface area contributed by atoms with E-state index in [1.54, 1.807) is 0 Å². The van der Waals surface area contributed by atoms with Crippen LogP contribution in [0.1, 0.15) is 11.7 Å². The van der Waals surface area contributed by atoms with Crippen LogP contribution >= 0.6 is 0 Å². The monoisotopic (exact) mass is 651 g/mol. The van der Waals surface area contributed by atoms with E-state index in [0.29, 0.717) is 0 Å². The van der Waals surface area contributed by atoms with Gasteiger partial charge in [-0.3, -0.25) is 4.98 Å². The maximum atomic E-state index is 4.98. The first-order valence-electron chi connectivity index (χ1n) is 17.5. The van der Waals surface area contributed by atoms with Gasteiger partial charge in [-0.15, -0.1) is 0 Å². The summed E-state index contributed by atoms with van der Waals surface area (Å²) in [6.45, 7) is 0. The van der Waals surface area contributed by atoms with Crippen molar-refractivity contribution < 1.29 is 0 Å². The van der Waals surface area contributed by atoms with Gasteiger partial charge in [0.1, 0.15) is 6.17 Å². The molecular formula is C48H33N3. The van der Waals surface area contributed by atoms with Gasteiger partial charge in [-0.05, 0) is 115 Å². The standard InChI is InChI=1S/C48H33N3/c1-2-16-44(17-3-1)51-45-24-25-49-46(40-23-20-34-12-6-9-15-37(34)28-40)47(45)50-48(51)43-30-41(38-21-18-32-10-4-7-13-35(32)26-38)29-42(31-43)39-22-19-33-11-5-8-14-36(33)27-39/h1-31,48,50H. The molecule has 0 radical (unpaired) electrons. The van der Waals surface area contributed by atoms with Crippen LogP contribution in [-0.4, -0.2) is 4.98 Å². The van der Waals surface area contributed by atoms with Gasteiger partial charge in [0, 0.05) is 17.4 Å². The zero-order chi connectivity index (χ0) is 33.7. The first-order chi connectivity index (χ1) is 25.2. The molecule has 0 spiro atoms. The fraction of sp³-hybridized carbons (Fsp3) is 0.0208. The zero-order valence-corrected chi connectivity index (χ0v) is 27.9. The summed E-state index contributed by atoms with van der Waals surface area (Å²) in [4.78, 5) is 7.40. The quantitative estimate of drug-likeness (QED) is 0.201. The van der Waals surface area contributed by atoms with Gasteiger partial charge in [0.15, 0.2) is 0 Å². The van der Waals surface area contributed by atoms with E-state index in [9.17, 15) is 0 Å². The molecule has 3 heteroatoms. The predicted octanol–water partition coefficient (Wildman–Crippen LogP) is 12.8. The highest BCUT2D eigenvalue weighted by molar-refractivity contribution is 5.96. The zero-order valence-electron chi connectivity index (χ0n) is 27.9. The highest BCUT2D eigenvalue weighted by Gasteiger charge is 2.34. The van der Waals surface area contributed by atoms with E-state index >= 15 is 0 Å². The van der Waals surface area contributed by atoms with E-state index in [1.165, 1.54) is 60.1 Å². The van der Waals surface area contributed by atoms with Crippen molar-refractivity contribution in [3.8, 4) is 33.5 Å². The molecule has 1 aromatic heterocycles. The van der Waals surface area contributed by atoms with Crippen molar-refractivity contribution in [3.05, 3.63) is 194 Å². The van der Waals surface area contributed by atoms with Gasteiger partial charge in [-0.2, -0.15) is 0 Å². The third kappa shape index (κ3) is 5.19. The van der Waals surface area contributed by atoms with Crippen LogP contribution in [0.25, 0.3) is 65.8 Å². The number of fused-ring (bicyclic) bond motifs is 4. The maximum absolute atomic E-state index is 4.98. The van der Waals surface area contributed by atoms with Crippen LogP contribution in [-0.2, 0) is 0 Å². The van der Waals surface area contributed by atoms with E-state index in [4.69, 9.17) is 4.98 Å². The number of hydrogen-bond donors (Lipinski definition) is 1. The Morgan fingerprint density at radius 2 is 0.902 bits per heavy atom. The average Bonchev–Trinajstić information content (AvgIpc) is 3.60. The highest BCUT2D eigenvalue weighted by Crippen LogP contribution is 2.50. The van der Waals surface area contributed by atoms with Crippen molar-refractivity contribution >= 4 is 49.4 Å². The Kier molecular flexibility index (Phi) is 6.88. The van der Waals surface area contributed by atoms with Crippen LogP contribution in [0.4, 0.5) is 17.1 Å². The molecule has 0 saturated carbocycles. The Labute approximate surface area is 297 Å². The summed E-state index contributed by atoms with van der Waals surface area (Å²) in [7, 11) is 0. The first-order valence-corrected chi connectivity index (χ1v) is 17.5. The van der Waals surface area contributed by atoms with Gasteiger partial charge in [0.2, 0.25) is 0 Å². The molecule has 51 heavy (non-hydrogen) atoms. The summed E-state index contributed by atoms with van der Waals surface area (Å²) >= 11 is 0. The Bertz CT molecular complexity index is 2650. The Balaban J connectivity index is 1.17. The highest BCUT2D eigenvalue weighted by atomic mass is 15.3. The molecule has 1 atom stereocenters. The van der Waals surface area contributed by atoms with Crippen molar-refractivity contribution in [1.82, 2.24) is 4.98 Å². The Hall–Kier alpha value is -6.71. The minimum atomic E-state index is -0.176. The van der Waals surface area contributed by atoms with Gasteiger partial charge in [-0.1, -0.05) is 127 Å². The number of hydrogen-bond acceptors (Lipinski definition) is 3. The molecule has 8 aromatic carbocycles. The molecule has 10 rings (SSSR count). The van der Waals surface area contributed by atoms with E-state index < -0.39 is 0 Å². The fourth-order valence-corrected chi connectivity index (χ4v) is 7.68. The van der Waals surface area contributed by atoms with Gasteiger partial charge < -0.3 is 10.2 Å². The smallest absolute Gasteiger partial charge is 0.130 e. The molecule has 3 nitrogen and oxygen atoms in total. The van der Waals surface area contributed by atoms with Crippen molar-refractivity contribution in [1.29, 1.82) is 0 Å². The third-order valence-electron chi connectivity index (χ3n) is 10.2.